The van der Waals surface area contributed by atoms with E-state index in [0.717, 1.165) is 70.6 Å². The van der Waals surface area contributed by atoms with Crippen molar-refractivity contribution < 1.29 is 28.4 Å². The summed E-state index contributed by atoms with van der Waals surface area (Å²) in [4.78, 5) is 22.5. The summed E-state index contributed by atoms with van der Waals surface area (Å²) >= 11 is 0. The van der Waals surface area contributed by atoms with Crippen LogP contribution in [0.3, 0.4) is 0 Å². The maximum atomic E-state index is 12.6. The zero-order valence-corrected chi connectivity index (χ0v) is 32.1. The van der Waals surface area contributed by atoms with Gasteiger partial charge in [-0.1, -0.05) is 145 Å². The molecular formula is C40H73N2O6P. The molecule has 0 rings (SSSR count). The first-order valence-corrected chi connectivity index (χ1v) is 20.9. The molecule has 8 nitrogen and oxygen atoms in total. The molecule has 49 heavy (non-hydrogen) atoms. The van der Waals surface area contributed by atoms with E-state index in [1.165, 1.54) is 64.2 Å². The van der Waals surface area contributed by atoms with Crippen LogP contribution in [0.2, 0.25) is 0 Å². The van der Waals surface area contributed by atoms with Crippen molar-refractivity contribution in [3.8, 4) is 0 Å². The second-order valence-corrected chi connectivity index (χ2v) is 14.2. The molecule has 0 aromatic carbocycles. The molecule has 0 aromatic heterocycles. The molecule has 0 saturated carbocycles. The lowest BCUT2D eigenvalue weighted by Crippen LogP contribution is -2.45. The van der Waals surface area contributed by atoms with E-state index in [0.29, 0.717) is 6.42 Å². The Hall–Kier alpha value is -1.80. The first-order valence-electron chi connectivity index (χ1n) is 19.4. The Bertz CT molecular complexity index is 949. The molecule has 284 valence electrons. The number of hydrogen-bond donors (Lipinski definition) is 4. The minimum absolute atomic E-state index is 0.0695. The third-order valence-corrected chi connectivity index (χ3v) is 9.03. The fourth-order valence-corrected chi connectivity index (χ4v) is 5.86. The Balaban J connectivity index is 4.10. The number of phosphoric ester groups is 1. The van der Waals surface area contributed by atoms with Gasteiger partial charge < -0.3 is 21.1 Å². The van der Waals surface area contributed by atoms with E-state index >= 15 is 0 Å². The highest BCUT2D eigenvalue weighted by Crippen LogP contribution is 2.43. The lowest BCUT2D eigenvalue weighted by molar-refractivity contribution is -0.123. The maximum Gasteiger partial charge on any atom is 0.472 e. The molecule has 0 saturated heterocycles. The molecule has 0 bridgehead atoms. The van der Waals surface area contributed by atoms with E-state index in [9.17, 15) is 19.4 Å². The molecule has 0 aliphatic carbocycles. The number of amides is 1. The first kappa shape index (κ1) is 47.2. The molecule has 0 aliphatic heterocycles. The highest BCUT2D eigenvalue weighted by atomic mass is 31.2. The van der Waals surface area contributed by atoms with Crippen LogP contribution in [-0.4, -0.2) is 47.8 Å². The molecule has 0 radical (unpaired) electrons. The number of nitrogens with two attached hydrogens (primary N) is 1. The summed E-state index contributed by atoms with van der Waals surface area (Å²) in [6.45, 7) is 3.96. The van der Waals surface area contributed by atoms with Crippen LogP contribution < -0.4 is 11.1 Å². The Morgan fingerprint density at radius 1 is 0.673 bits per heavy atom. The number of carbonyl (C=O) groups excluding carboxylic acids is 1. The number of nitrogens with one attached hydrogen (secondary N) is 1. The van der Waals surface area contributed by atoms with Crippen LogP contribution in [-0.2, 0) is 18.4 Å². The van der Waals surface area contributed by atoms with Gasteiger partial charge in [0.15, 0.2) is 0 Å². The van der Waals surface area contributed by atoms with Gasteiger partial charge in [-0.3, -0.25) is 13.8 Å². The molecule has 0 fully saturated rings. The average molecular weight is 709 g/mol. The third kappa shape index (κ3) is 34.4. The highest BCUT2D eigenvalue weighted by molar-refractivity contribution is 7.47. The standard InChI is InChI=1S/C40H73N2O6P/c1-3-5-7-9-11-12-13-14-15-16-17-18-19-20-21-22-23-24-25-26-28-30-32-34-40(44)42-38(37-48-49(45,46)47-36-35-41)39(43)33-31-29-27-10-8-6-4-2/h8,10,13-14,16-17,19-20,31,33,38-39,43H,3-7,9,11-12,15,18,21-30,32,34-37,41H2,1-2H3,(H,42,44)(H,45,46)/b10-8+,14-13-,17-16-,20-19-,33-31+. The number of phosphoric acid groups is 1. The Labute approximate surface area is 300 Å². The molecule has 3 unspecified atom stereocenters. The number of unbranched alkanes of at least 4 members (excludes halogenated alkanes) is 15. The molecule has 3 atom stereocenters. The van der Waals surface area contributed by atoms with Crippen LogP contribution in [0.4, 0.5) is 0 Å². The van der Waals surface area contributed by atoms with Crippen LogP contribution in [0.25, 0.3) is 0 Å². The lowest BCUT2D eigenvalue weighted by atomic mass is 10.1. The summed E-state index contributed by atoms with van der Waals surface area (Å²) in [7, 11) is -4.34. The van der Waals surface area contributed by atoms with E-state index < -0.39 is 20.0 Å². The summed E-state index contributed by atoms with van der Waals surface area (Å²) in [6, 6.07) is -0.880. The smallest absolute Gasteiger partial charge is 0.387 e. The zero-order chi connectivity index (χ0) is 36.1. The van der Waals surface area contributed by atoms with Crippen LogP contribution >= 0.6 is 7.82 Å². The van der Waals surface area contributed by atoms with Crippen molar-refractivity contribution >= 4 is 13.7 Å². The molecule has 0 aromatic rings. The number of allylic oxidation sites excluding steroid dienone is 9. The van der Waals surface area contributed by atoms with Crippen molar-refractivity contribution in [3.63, 3.8) is 0 Å². The van der Waals surface area contributed by atoms with Crippen molar-refractivity contribution in [1.82, 2.24) is 5.32 Å². The number of hydrogen-bond acceptors (Lipinski definition) is 6. The molecule has 9 heteroatoms. The first-order chi connectivity index (χ1) is 23.9. The van der Waals surface area contributed by atoms with Crippen molar-refractivity contribution in [3.05, 3.63) is 60.8 Å². The Morgan fingerprint density at radius 2 is 1.18 bits per heavy atom. The van der Waals surface area contributed by atoms with Gasteiger partial charge in [-0.25, -0.2) is 4.57 Å². The normalized spacial score (nSPS) is 15.0. The van der Waals surface area contributed by atoms with Crippen LogP contribution in [0.1, 0.15) is 155 Å². The van der Waals surface area contributed by atoms with Crippen molar-refractivity contribution in [2.24, 2.45) is 5.73 Å². The Morgan fingerprint density at radius 3 is 1.78 bits per heavy atom. The predicted octanol–water partition coefficient (Wildman–Crippen LogP) is 10.3. The minimum Gasteiger partial charge on any atom is -0.387 e. The third-order valence-electron chi connectivity index (χ3n) is 8.05. The molecule has 0 aliphatic rings. The van der Waals surface area contributed by atoms with Crippen LogP contribution in [0.15, 0.2) is 60.8 Å². The van der Waals surface area contributed by atoms with Crippen LogP contribution in [0.5, 0.6) is 0 Å². The largest absolute Gasteiger partial charge is 0.472 e. The van der Waals surface area contributed by atoms with Gasteiger partial charge in [-0.2, -0.15) is 0 Å². The van der Waals surface area contributed by atoms with E-state index in [1.807, 2.05) is 6.08 Å². The van der Waals surface area contributed by atoms with Gasteiger partial charge in [0.2, 0.25) is 5.91 Å². The van der Waals surface area contributed by atoms with Gasteiger partial charge in [-0.05, 0) is 64.2 Å². The monoisotopic (exact) mass is 709 g/mol. The minimum atomic E-state index is -4.34. The van der Waals surface area contributed by atoms with Gasteiger partial charge in [0.05, 0.1) is 25.4 Å². The van der Waals surface area contributed by atoms with E-state index in [1.54, 1.807) is 6.08 Å². The van der Waals surface area contributed by atoms with Crippen molar-refractivity contribution in [2.75, 3.05) is 19.8 Å². The van der Waals surface area contributed by atoms with Gasteiger partial charge in [0.1, 0.15) is 0 Å². The summed E-state index contributed by atoms with van der Waals surface area (Å²) in [5.74, 6) is -0.219. The van der Waals surface area contributed by atoms with Gasteiger partial charge >= 0.3 is 7.82 Å². The second kappa shape index (κ2) is 36.0. The van der Waals surface area contributed by atoms with Gasteiger partial charge in [0, 0.05) is 13.0 Å². The molecule has 0 spiro atoms. The maximum absolute atomic E-state index is 12.6. The average Bonchev–Trinajstić information content (AvgIpc) is 3.09. The number of aliphatic hydroxyl groups is 1. The number of rotatable bonds is 35. The van der Waals surface area contributed by atoms with Crippen molar-refractivity contribution in [2.45, 2.75) is 167 Å². The number of carbonyl (C=O) groups is 1. The predicted molar refractivity (Wildman–Crippen MR) is 207 cm³/mol. The summed E-state index contributed by atoms with van der Waals surface area (Å²) in [5, 5.41) is 13.5. The van der Waals surface area contributed by atoms with Gasteiger partial charge in [-0.15, -0.1) is 0 Å². The molecule has 0 heterocycles. The second-order valence-electron chi connectivity index (χ2n) is 12.8. The Kier molecular flexibility index (Phi) is 34.7. The summed E-state index contributed by atoms with van der Waals surface area (Å²) < 4.78 is 21.9. The molecular weight excluding hydrogens is 635 g/mol. The molecule has 1 amide bonds. The van der Waals surface area contributed by atoms with Gasteiger partial charge in [0.25, 0.3) is 0 Å². The molecule has 5 N–H and O–H groups in total. The quantitative estimate of drug-likeness (QED) is 0.0293. The van der Waals surface area contributed by atoms with E-state index in [2.05, 4.69) is 67.8 Å². The summed E-state index contributed by atoms with van der Waals surface area (Å²) in [5.41, 5.74) is 5.33. The topological polar surface area (TPSA) is 131 Å². The van der Waals surface area contributed by atoms with E-state index in [-0.39, 0.29) is 25.7 Å². The number of aliphatic hydroxyl groups excluding tert-OH is 1. The zero-order valence-electron chi connectivity index (χ0n) is 31.2. The summed E-state index contributed by atoms with van der Waals surface area (Å²) in [6.07, 6.45) is 44.4. The van der Waals surface area contributed by atoms with E-state index in [4.69, 9.17) is 14.8 Å². The highest BCUT2D eigenvalue weighted by Gasteiger charge is 2.26. The fraction of sp³-hybridized carbons (Fsp3) is 0.725. The fourth-order valence-electron chi connectivity index (χ4n) is 5.10. The van der Waals surface area contributed by atoms with Crippen LogP contribution in [0, 0.1) is 0 Å². The van der Waals surface area contributed by atoms with Crippen molar-refractivity contribution in [1.29, 1.82) is 0 Å². The SMILES string of the molecule is CCC/C=C/CC/C=C/C(O)C(COP(=O)(O)OCCN)NC(=O)CCCCCCCCCC/C=C\C/C=C\C/C=C\CCCCCCC. The lowest BCUT2D eigenvalue weighted by Gasteiger charge is -2.23.